The quantitative estimate of drug-likeness (QED) is 0.326. The van der Waals surface area contributed by atoms with Crippen LogP contribution < -0.4 is 10.6 Å². The van der Waals surface area contributed by atoms with Gasteiger partial charge in [-0.1, -0.05) is 22.9 Å². The lowest BCUT2D eigenvalue weighted by Gasteiger charge is -2.34. The van der Waals surface area contributed by atoms with Crippen LogP contribution in [0.5, 0.6) is 0 Å². The Morgan fingerprint density at radius 3 is 2.59 bits per heavy atom. The summed E-state index contributed by atoms with van der Waals surface area (Å²) in [5.41, 5.74) is -1.07. The highest BCUT2D eigenvalue weighted by atomic mass is 79.9. The summed E-state index contributed by atoms with van der Waals surface area (Å²) in [7, 11) is 0. The van der Waals surface area contributed by atoms with E-state index in [-0.39, 0.29) is 35.7 Å². The molecular formula is C21H33BrN4O6. The molecule has 3 unspecified atom stereocenters. The van der Waals surface area contributed by atoms with Crippen LogP contribution in [0.15, 0.2) is 0 Å². The maximum Gasteiger partial charge on any atom is 0.245 e. The number of alkyl halides is 1. The van der Waals surface area contributed by atoms with Gasteiger partial charge in [-0.2, -0.15) is 0 Å². The molecule has 1 spiro atoms. The second-order valence-electron chi connectivity index (χ2n) is 8.95. The van der Waals surface area contributed by atoms with Gasteiger partial charge in [0, 0.05) is 44.1 Å². The lowest BCUT2D eigenvalue weighted by molar-refractivity contribution is -0.142. The number of ether oxygens (including phenoxy) is 2. The Balaban J connectivity index is 1.52. The van der Waals surface area contributed by atoms with Crippen molar-refractivity contribution >= 4 is 33.7 Å². The lowest BCUT2D eigenvalue weighted by Crippen LogP contribution is -2.57. The molecule has 4 heterocycles. The third-order valence-corrected chi connectivity index (χ3v) is 7.91. The van der Waals surface area contributed by atoms with Gasteiger partial charge in [-0.15, -0.1) is 0 Å². The zero-order valence-corrected chi connectivity index (χ0v) is 20.0. The molecule has 0 radical (unpaired) electrons. The normalized spacial score (nSPS) is 36.4. The number of rotatable bonds is 9. The van der Waals surface area contributed by atoms with Gasteiger partial charge in [-0.25, -0.2) is 0 Å². The molecule has 4 rings (SSSR count). The number of likely N-dealkylation sites (tertiary alicyclic amines) is 1. The van der Waals surface area contributed by atoms with E-state index in [1.807, 2.05) is 6.92 Å². The van der Waals surface area contributed by atoms with Gasteiger partial charge in [0.15, 0.2) is 0 Å². The molecule has 0 aliphatic carbocycles. The highest BCUT2D eigenvalue weighted by Gasteiger charge is 2.76. The number of nitrogens with zero attached hydrogens (tertiary/aromatic N) is 2. The minimum Gasteiger partial charge on any atom is -0.395 e. The minimum atomic E-state index is -1.07. The number of aliphatic hydroxyl groups is 1. The van der Waals surface area contributed by atoms with Crippen LogP contribution in [0.1, 0.15) is 19.8 Å². The van der Waals surface area contributed by atoms with Crippen LogP contribution in [0.3, 0.4) is 0 Å². The summed E-state index contributed by atoms with van der Waals surface area (Å²) in [5.74, 6) is -2.17. The van der Waals surface area contributed by atoms with Crippen molar-refractivity contribution in [3.63, 3.8) is 0 Å². The summed E-state index contributed by atoms with van der Waals surface area (Å²) in [6, 6.07) is -0.870. The predicted molar refractivity (Wildman–Crippen MR) is 118 cm³/mol. The number of fused-ring (bicyclic) bond motifs is 1. The number of hydrogen-bond acceptors (Lipinski definition) is 7. The lowest BCUT2D eigenvalue weighted by atomic mass is 9.70. The van der Waals surface area contributed by atoms with E-state index in [0.717, 1.165) is 19.5 Å². The molecule has 0 aromatic carbocycles. The van der Waals surface area contributed by atoms with Crippen molar-refractivity contribution < 1.29 is 29.0 Å². The van der Waals surface area contributed by atoms with E-state index in [1.165, 1.54) is 4.90 Å². The number of aliphatic hydroxyl groups excluding tert-OH is 1. The van der Waals surface area contributed by atoms with Crippen LogP contribution in [0.4, 0.5) is 0 Å². The highest BCUT2D eigenvalue weighted by molar-refractivity contribution is 9.09. The summed E-state index contributed by atoms with van der Waals surface area (Å²) in [5, 5.41) is 15.5. The second-order valence-corrected chi connectivity index (χ2v) is 10.1. The van der Waals surface area contributed by atoms with E-state index in [9.17, 15) is 19.5 Å². The Kier molecular flexibility index (Phi) is 7.40. The van der Waals surface area contributed by atoms with Gasteiger partial charge >= 0.3 is 0 Å². The van der Waals surface area contributed by atoms with Crippen molar-refractivity contribution in [3.05, 3.63) is 0 Å². The van der Waals surface area contributed by atoms with Gasteiger partial charge in [-0.05, 0) is 12.8 Å². The molecule has 4 fully saturated rings. The number of morpholine rings is 1. The van der Waals surface area contributed by atoms with Crippen molar-refractivity contribution in [2.45, 2.75) is 42.3 Å². The van der Waals surface area contributed by atoms with E-state index >= 15 is 0 Å². The second kappa shape index (κ2) is 9.92. The summed E-state index contributed by atoms with van der Waals surface area (Å²) in [6.07, 6.45) is 0.798. The number of carbonyl (C=O) groups is 3. The average Bonchev–Trinajstić information content (AvgIpc) is 3.37. The molecule has 32 heavy (non-hydrogen) atoms. The monoisotopic (exact) mass is 516 g/mol. The SMILES string of the molecule is CCCNC(=O)[C@H]1[C@@H]2OC3(CC2Br)C(C(=O)NCCN2CCOCC2)N(CCO)C(=O)[C@H]13. The molecule has 0 aromatic heterocycles. The van der Waals surface area contributed by atoms with Crippen LogP contribution in [0.25, 0.3) is 0 Å². The van der Waals surface area contributed by atoms with E-state index in [2.05, 4.69) is 31.5 Å². The summed E-state index contributed by atoms with van der Waals surface area (Å²) in [4.78, 5) is 43.3. The first-order valence-electron chi connectivity index (χ1n) is 11.5. The molecule has 4 saturated heterocycles. The average molecular weight is 517 g/mol. The van der Waals surface area contributed by atoms with Crippen LogP contribution in [-0.4, -0.2) is 114 Å². The smallest absolute Gasteiger partial charge is 0.245 e. The topological polar surface area (TPSA) is 120 Å². The Bertz CT molecular complexity index is 735. The molecule has 4 aliphatic heterocycles. The third kappa shape index (κ3) is 4.06. The maximum absolute atomic E-state index is 13.4. The number of nitrogens with one attached hydrogen (secondary N) is 2. The zero-order valence-electron chi connectivity index (χ0n) is 18.4. The molecule has 2 bridgehead atoms. The molecule has 0 saturated carbocycles. The van der Waals surface area contributed by atoms with Crippen LogP contribution >= 0.6 is 15.9 Å². The van der Waals surface area contributed by atoms with Crippen molar-refractivity contribution in [3.8, 4) is 0 Å². The van der Waals surface area contributed by atoms with Gasteiger partial charge < -0.3 is 30.1 Å². The standard InChI is InChI=1S/C21H33BrN4O6/c1-2-3-23-18(28)14-15-20(30)26(6-9-27)17(21(15)12-13(22)16(14)32-21)19(29)24-4-5-25-7-10-31-11-8-25/h13-17,27H,2-12H2,1H3,(H,23,28)(H,24,29)/t13?,14-,15+,16-,17?,21?/m1/s1. The molecular weight excluding hydrogens is 484 g/mol. The van der Waals surface area contributed by atoms with Crippen LogP contribution in [-0.2, 0) is 23.9 Å². The van der Waals surface area contributed by atoms with Gasteiger partial charge in [0.1, 0.15) is 11.6 Å². The fraction of sp³-hybridized carbons (Fsp3) is 0.857. The molecule has 3 amide bonds. The molecule has 10 nitrogen and oxygen atoms in total. The molecule has 0 aromatic rings. The first kappa shape index (κ1) is 23.9. The third-order valence-electron chi connectivity index (χ3n) is 7.06. The Morgan fingerprint density at radius 1 is 1.19 bits per heavy atom. The number of β-amino-alcohol motifs (C(OH)–C–C–N with tert-alkyl or cyclic N) is 1. The largest absolute Gasteiger partial charge is 0.395 e. The maximum atomic E-state index is 13.4. The van der Waals surface area contributed by atoms with Crippen LogP contribution in [0, 0.1) is 11.8 Å². The van der Waals surface area contributed by atoms with Crippen molar-refractivity contribution in [1.82, 2.24) is 20.4 Å². The Labute approximate surface area is 196 Å². The fourth-order valence-corrected chi connectivity index (χ4v) is 6.65. The zero-order chi connectivity index (χ0) is 22.9. The van der Waals surface area contributed by atoms with E-state index < -0.39 is 29.6 Å². The molecule has 4 aliphatic rings. The van der Waals surface area contributed by atoms with Crippen LogP contribution in [0.2, 0.25) is 0 Å². The van der Waals surface area contributed by atoms with E-state index in [0.29, 0.717) is 39.3 Å². The first-order chi connectivity index (χ1) is 15.4. The Morgan fingerprint density at radius 2 is 1.91 bits per heavy atom. The van der Waals surface area contributed by atoms with Gasteiger partial charge in [0.05, 0.1) is 37.8 Å². The number of halogens is 1. The highest BCUT2D eigenvalue weighted by Crippen LogP contribution is 2.59. The van der Waals surface area contributed by atoms with Gasteiger partial charge in [-0.3, -0.25) is 19.3 Å². The Hall–Kier alpha value is -1.27. The first-order valence-corrected chi connectivity index (χ1v) is 12.4. The summed E-state index contributed by atoms with van der Waals surface area (Å²) in [6.45, 7) is 6.41. The molecule has 6 atom stereocenters. The van der Waals surface area contributed by atoms with Crippen molar-refractivity contribution in [2.75, 3.05) is 59.1 Å². The molecule has 3 N–H and O–H groups in total. The predicted octanol–water partition coefficient (Wildman–Crippen LogP) is -1.30. The van der Waals surface area contributed by atoms with E-state index in [4.69, 9.17) is 9.47 Å². The van der Waals surface area contributed by atoms with E-state index in [1.54, 1.807) is 0 Å². The summed E-state index contributed by atoms with van der Waals surface area (Å²) < 4.78 is 11.7. The fourth-order valence-electron chi connectivity index (χ4n) is 5.70. The minimum absolute atomic E-state index is 0.0307. The van der Waals surface area contributed by atoms with Crippen molar-refractivity contribution in [1.29, 1.82) is 0 Å². The van der Waals surface area contributed by atoms with Gasteiger partial charge in [0.2, 0.25) is 17.7 Å². The molecule has 11 heteroatoms. The van der Waals surface area contributed by atoms with Gasteiger partial charge in [0.25, 0.3) is 0 Å². The number of carbonyl (C=O) groups excluding carboxylic acids is 3. The van der Waals surface area contributed by atoms with Crippen molar-refractivity contribution in [2.24, 2.45) is 11.8 Å². The molecule has 180 valence electrons. The number of hydrogen-bond donors (Lipinski definition) is 3. The number of amides is 3. The summed E-state index contributed by atoms with van der Waals surface area (Å²) >= 11 is 3.63.